The van der Waals surface area contributed by atoms with Crippen LogP contribution in [0.4, 0.5) is 4.39 Å². The molecule has 6 heteroatoms. The number of halogens is 1. The molecule has 1 unspecified atom stereocenters. The SMILES string of the molecule is CCOC(=O)C(Cc1c(C2CC2)nc2ccccc2c1-c1ccc(F)cc1)C(=O)CC(=O)CC. The van der Waals surface area contributed by atoms with Gasteiger partial charge in [-0.2, -0.15) is 0 Å². The Balaban J connectivity index is 1.90. The molecular weight excluding hydrogens is 433 g/mol. The van der Waals surface area contributed by atoms with Crippen molar-refractivity contribution in [1.29, 1.82) is 0 Å². The first-order chi connectivity index (χ1) is 16.4. The summed E-state index contributed by atoms with van der Waals surface area (Å²) in [7, 11) is 0. The van der Waals surface area contributed by atoms with Gasteiger partial charge in [0.15, 0.2) is 5.78 Å². The fourth-order valence-corrected chi connectivity index (χ4v) is 4.34. The first kappa shape index (κ1) is 23.7. The van der Waals surface area contributed by atoms with Gasteiger partial charge in [-0.3, -0.25) is 19.4 Å². The van der Waals surface area contributed by atoms with Gasteiger partial charge in [0.1, 0.15) is 17.5 Å². The molecular formula is C28H28FNO4. The molecule has 0 amide bonds. The van der Waals surface area contributed by atoms with Gasteiger partial charge < -0.3 is 4.74 Å². The highest BCUT2D eigenvalue weighted by Gasteiger charge is 2.35. The van der Waals surface area contributed by atoms with Crippen molar-refractivity contribution in [3.05, 3.63) is 65.6 Å². The molecule has 1 atom stereocenters. The number of esters is 1. The number of hydrogen-bond donors (Lipinski definition) is 0. The van der Waals surface area contributed by atoms with E-state index < -0.39 is 17.7 Å². The largest absolute Gasteiger partial charge is 0.465 e. The van der Waals surface area contributed by atoms with E-state index in [1.807, 2.05) is 24.3 Å². The van der Waals surface area contributed by atoms with Crippen LogP contribution in [0.1, 0.15) is 56.7 Å². The molecule has 1 saturated carbocycles. The third kappa shape index (κ3) is 5.06. The van der Waals surface area contributed by atoms with Crippen molar-refractivity contribution in [1.82, 2.24) is 4.98 Å². The van der Waals surface area contributed by atoms with Crippen LogP contribution >= 0.6 is 0 Å². The van der Waals surface area contributed by atoms with Crippen LogP contribution < -0.4 is 0 Å². The van der Waals surface area contributed by atoms with Crippen LogP contribution in [0, 0.1) is 11.7 Å². The Bertz CT molecular complexity index is 1230. The van der Waals surface area contributed by atoms with Gasteiger partial charge in [0, 0.05) is 23.4 Å². The number of benzene rings is 2. The van der Waals surface area contributed by atoms with Crippen molar-refractivity contribution in [3.8, 4) is 11.1 Å². The average Bonchev–Trinajstić information content (AvgIpc) is 3.67. The standard InChI is InChI=1S/C28H28FNO4/c1-3-20(31)15-25(32)22(28(33)34-4-2)16-23-26(17-11-13-19(29)14-12-17)21-7-5-6-8-24(21)30-27(23)18-9-10-18/h5-8,11-14,18,22H,3-4,9-10,15-16H2,1-2H3. The maximum atomic E-state index is 13.7. The number of hydrogen-bond acceptors (Lipinski definition) is 5. The summed E-state index contributed by atoms with van der Waals surface area (Å²) in [5, 5.41) is 0.869. The Labute approximate surface area is 198 Å². The highest BCUT2D eigenvalue weighted by molar-refractivity contribution is 6.08. The quantitative estimate of drug-likeness (QED) is 0.291. The van der Waals surface area contributed by atoms with Crippen LogP contribution in [-0.4, -0.2) is 29.1 Å². The second-order valence-corrected chi connectivity index (χ2v) is 8.69. The number of aromatic nitrogens is 1. The lowest BCUT2D eigenvalue weighted by Gasteiger charge is -2.21. The first-order valence-electron chi connectivity index (χ1n) is 11.8. The topological polar surface area (TPSA) is 73.3 Å². The van der Waals surface area contributed by atoms with E-state index in [1.54, 1.807) is 26.0 Å². The second kappa shape index (κ2) is 10.2. The molecule has 4 rings (SSSR count). The monoisotopic (exact) mass is 461 g/mol. The molecule has 0 spiro atoms. The Hall–Kier alpha value is -3.41. The van der Waals surface area contributed by atoms with E-state index in [2.05, 4.69) is 0 Å². The van der Waals surface area contributed by atoms with Crippen molar-refractivity contribution in [3.63, 3.8) is 0 Å². The average molecular weight is 462 g/mol. The number of ether oxygens (including phenoxy) is 1. The molecule has 1 fully saturated rings. The van der Waals surface area contributed by atoms with Crippen LogP contribution in [0.5, 0.6) is 0 Å². The van der Waals surface area contributed by atoms with E-state index in [-0.39, 0.29) is 43.4 Å². The number of para-hydroxylation sites is 1. The van der Waals surface area contributed by atoms with E-state index in [0.717, 1.165) is 46.1 Å². The van der Waals surface area contributed by atoms with Gasteiger partial charge in [-0.25, -0.2) is 4.39 Å². The Morgan fingerprint density at radius 1 is 1.06 bits per heavy atom. The zero-order valence-corrected chi connectivity index (χ0v) is 19.5. The van der Waals surface area contributed by atoms with Gasteiger partial charge in [0.05, 0.1) is 18.5 Å². The van der Waals surface area contributed by atoms with Gasteiger partial charge >= 0.3 is 5.97 Å². The van der Waals surface area contributed by atoms with Crippen LogP contribution in [0.15, 0.2) is 48.5 Å². The molecule has 176 valence electrons. The minimum absolute atomic E-state index is 0.0883. The van der Waals surface area contributed by atoms with Gasteiger partial charge in [0.25, 0.3) is 0 Å². The molecule has 5 nitrogen and oxygen atoms in total. The third-order valence-corrected chi connectivity index (χ3v) is 6.26. The number of carbonyl (C=O) groups excluding carboxylic acids is 3. The lowest BCUT2D eigenvalue weighted by Crippen LogP contribution is -2.30. The molecule has 0 N–H and O–H groups in total. The molecule has 34 heavy (non-hydrogen) atoms. The van der Waals surface area contributed by atoms with E-state index in [0.29, 0.717) is 0 Å². The Kier molecular flexibility index (Phi) is 7.15. The van der Waals surface area contributed by atoms with Gasteiger partial charge in [-0.1, -0.05) is 37.3 Å². The maximum absolute atomic E-state index is 13.7. The molecule has 0 radical (unpaired) electrons. The van der Waals surface area contributed by atoms with Crippen molar-refractivity contribution in [2.24, 2.45) is 5.92 Å². The molecule has 2 aromatic carbocycles. The zero-order valence-electron chi connectivity index (χ0n) is 19.5. The number of rotatable bonds is 10. The third-order valence-electron chi connectivity index (χ3n) is 6.26. The van der Waals surface area contributed by atoms with E-state index in [1.165, 1.54) is 12.1 Å². The predicted molar refractivity (Wildman–Crippen MR) is 128 cm³/mol. The number of Topliss-reactive ketones (excluding diaryl/α,β-unsaturated/α-hetero) is 2. The second-order valence-electron chi connectivity index (χ2n) is 8.69. The predicted octanol–water partition coefficient (Wildman–Crippen LogP) is 5.58. The normalized spacial score (nSPS) is 14.1. The maximum Gasteiger partial charge on any atom is 0.316 e. The zero-order chi connectivity index (χ0) is 24.2. The van der Waals surface area contributed by atoms with Gasteiger partial charge in [0.2, 0.25) is 0 Å². The summed E-state index contributed by atoms with van der Waals surface area (Å²) < 4.78 is 19.0. The van der Waals surface area contributed by atoms with Crippen LogP contribution in [0.3, 0.4) is 0 Å². The van der Waals surface area contributed by atoms with Gasteiger partial charge in [-0.05, 0) is 61.1 Å². The van der Waals surface area contributed by atoms with Crippen molar-refractivity contribution in [2.75, 3.05) is 6.61 Å². The summed E-state index contributed by atoms with van der Waals surface area (Å²) in [4.78, 5) is 42.9. The minimum Gasteiger partial charge on any atom is -0.465 e. The molecule has 3 aromatic rings. The molecule has 0 saturated heterocycles. The number of nitrogens with zero attached hydrogens (tertiary/aromatic N) is 1. The van der Waals surface area contributed by atoms with Crippen LogP contribution in [0.25, 0.3) is 22.0 Å². The smallest absolute Gasteiger partial charge is 0.316 e. The molecule has 0 bridgehead atoms. The molecule has 1 aromatic heterocycles. The number of pyridine rings is 1. The first-order valence-corrected chi connectivity index (χ1v) is 11.8. The molecule has 0 aliphatic heterocycles. The van der Waals surface area contributed by atoms with E-state index in [9.17, 15) is 18.8 Å². The highest BCUT2D eigenvalue weighted by atomic mass is 19.1. The van der Waals surface area contributed by atoms with E-state index >= 15 is 0 Å². The van der Waals surface area contributed by atoms with Gasteiger partial charge in [-0.15, -0.1) is 0 Å². The summed E-state index contributed by atoms with van der Waals surface area (Å²) in [5.74, 6) is -2.48. The van der Waals surface area contributed by atoms with Crippen molar-refractivity contribution >= 4 is 28.4 Å². The Morgan fingerprint density at radius 3 is 2.41 bits per heavy atom. The lowest BCUT2D eigenvalue weighted by atomic mass is 9.85. The summed E-state index contributed by atoms with van der Waals surface area (Å²) in [6.07, 6.45) is 1.98. The highest BCUT2D eigenvalue weighted by Crippen LogP contribution is 2.45. The fourth-order valence-electron chi connectivity index (χ4n) is 4.34. The summed E-state index contributed by atoms with van der Waals surface area (Å²) in [5.41, 5.74) is 4.10. The number of carbonyl (C=O) groups is 3. The van der Waals surface area contributed by atoms with Crippen molar-refractivity contribution < 1.29 is 23.5 Å². The molecule has 1 aliphatic carbocycles. The van der Waals surface area contributed by atoms with Crippen molar-refractivity contribution in [2.45, 2.75) is 51.9 Å². The van der Waals surface area contributed by atoms with Crippen LogP contribution in [0.2, 0.25) is 0 Å². The number of ketones is 2. The Morgan fingerprint density at radius 2 is 1.76 bits per heavy atom. The van der Waals surface area contributed by atoms with E-state index in [4.69, 9.17) is 9.72 Å². The summed E-state index contributed by atoms with van der Waals surface area (Å²) in [6, 6.07) is 13.9. The van der Waals surface area contributed by atoms with Crippen LogP contribution in [-0.2, 0) is 25.5 Å². The summed E-state index contributed by atoms with van der Waals surface area (Å²) in [6.45, 7) is 3.52. The fraction of sp³-hybridized carbons (Fsp3) is 0.357. The minimum atomic E-state index is -1.10. The lowest BCUT2D eigenvalue weighted by molar-refractivity contribution is -0.151. The number of fused-ring (bicyclic) bond motifs is 1. The summed E-state index contributed by atoms with van der Waals surface area (Å²) >= 11 is 0. The molecule has 1 heterocycles. The molecule has 1 aliphatic rings.